The molecule has 1 amide bonds. The van der Waals surface area contributed by atoms with Gasteiger partial charge in [0.05, 0.1) is 17.3 Å². The van der Waals surface area contributed by atoms with Gasteiger partial charge in [0.15, 0.2) is 6.10 Å². The maximum atomic E-state index is 12.0. The van der Waals surface area contributed by atoms with Crippen molar-refractivity contribution in [3.63, 3.8) is 0 Å². The molecule has 6 heteroatoms. The van der Waals surface area contributed by atoms with Crippen molar-refractivity contribution in [1.29, 1.82) is 5.26 Å². The molecule has 116 valence electrons. The van der Waals surface area contributed by atoms with Crippen molar-refractivity contribution >= 4 is 11.6 Å². The van der Waals surface area contributed by atoms with Crippen LogP contribution in [0.4, 0.5) is 0 Å². The number of ether oxygens (including phenoxy) is 1. The van der Waals surface area contributed by atoms with Crippen molar-refractivity contribution in [3.8, 4) is 11.8 Å². The van der Waals surface area contributed by atoms with Gasteiger partial charge in [0, 0.05) is 18.0 Å². The van der Waals surface area contributed by atoms with Gasteiger partial charge >= 0.3 is 0 Å². The zero-order valence-corrected chi connectivity index (χ0v) is 12.9. The molecule has 1 heterocycles. The fourth-order valence-corrected chi connectivity index (χ4v) is 1.74. The van der Waals surface area contributed by atoms with Gasteiger partial charge in [-0.3, -0.25) is 9.78 Å². The summed E-state index contributed by atoms with van der Waals surface area (Å²) in [7, 11) is 0. The quantitative estimate of drug-likeness (QED) is 0.678. The van der Waals surface area contributed by atoms with E-state index in [0.717, 1.165) is 5.56 Å². The Kier molecular flexibility index (Phi) is 5.42. The normalized spacial score (nSPS) is 12.1. The van der Waals surface area contributed by atoms with Crippen LogP contribution in [0.15, 0.2) is 53.9 Å². The smallest absolute Gasteiger partial charge is 0.280 e. The van der Waals surface area contributed by atoms with Crippen LogP contribution >= 0.6 is 0 Å². The fraction of sp³-hybridized carbons (Fsp3) is 0.176. The molecule has 23 heavy (non-hydrogen) atoms. The lowest BCUT2D eigenvalue weighted by atomic mass is 10.2. The van der Waals surface area contributed by atoms with Crippen LogP contribution in [0.1, 0.15) is 25.0 Å². The van der Waals surface area contributed by atoms with E-state index in [0.29, 0.717) is 17.0 Å². The summed E-state index contributed by atoms with van der Waals surface area (Å²) in [5.74, 6) is 0.150. The minimum absolute atomic E-state index is 0.363. The zero-order chi connectivity index (χ0) is 16.7. The number of carbonyl (C=O) groups is 1. The van der Waals surface area contributed by atoms with Crippen molar-refractivity contribution in [1.82, 2.24) is 10.4 Å². The molecular weight excluding hydrogens is 292 g/mol. The number of aromatic nitrogens is 1. The van der Waals surface area contributed by atoms with Crippen LogP contribution in [0.5, 0.6) is 5.75 Å². The molecule has 0 bridgehead atoms. The first-order valence-corrected chi connectivity index (χ1v) is 7.01. The minimum atomic E-state index is -0.714. The second kappa shape index (κ2) is 7.71. The highest BCUT2D eigenvalue weighted by Gasteiger charge is 2.14. The molecule has 0 radical (unpaired) electrons. The summed E-state index contributed by atoms with van der Waals surface area (Å²) in [6.45, 7) is 3.41. The van der Waals surface area contributed by atoms with E-state index >= 15 is 0 Å². The standard InChI is InChI=1S/C17H16N4O2/c1-12(15-4-3-9-19-11-15)20-21-17(22)13(2)23-16-7-5-14(10-18)6-8-16/h3-9,11,13H,1-2H3,(H,21,22)/b20-12-. The number of hydrogen-bond acceptors (Lipinski definition) is 5. The maximum absolute atomic E-state index is 12.0. The monoisotopic (exact) mass is 308 g/mol. The van der Waals surface area contributed by atoms with Gasteiger partial charge in [0.2, 0.25) is 0 Å². The van der Waals surface area contributed by atoms with Crippen LogP contribution in [0.25, 0.3) is 0 Å². The Morgan fingerprint density at radius 1 is 1.35 bits per heavy atom. The predicted molar refractivity (Wildman–Crippen MR) is 85.8 cm³/mol. The summed E-state index contributed by atoms with van der Waals surface area (Å²) in [5, 5.41) is 12.8. The van der Waals surface area contributed by atoms with Crippen LogP contribution in [0, 0.1) is 11.3 Å². The summed E-state index contributed by atoms with van der Waals surface area (Å²) in [6.07, 6.45) is 2.62. The molecule has 0 saturated heterocycles. The second-order valence-corrected chi connectivity index (χ2v) is 4.81. The second-order valence-electron chi connectivity index (χ2n) is 4.81. The molecular formula is C17H16N4O2. The largest absolute Gasteiger partial charge is 0.481 e. The van der Waals surface area contributed by atoms with Crippen LogP contribution < -0.4 is 10.2 Å². The summed E-state index contributed by atoms with van der Waals surface area (Å²) in [6, 6.07) is 12.2. The van der Waals surface area contributed by atoms with Gasteiger partial charge in [-0.05, 0) is 44.2 Å². The highest BCUT2D eigenvalue weighted by molar-refractivity contribution is 5.99. The minimum Gasteiger partial charge on any atom is -0.481 e. The summed E-state index contributed by atoms with van der Waals surface area (Å²) >= 11 is 0. The van der Waals surface area contributed by atoms with Gasteiger partial charge in [-0.25, -0.2) is 5.43 Å². The average molecular weight is 308 g/mol. The third-order valence-electron chi connectivity index (χ3n) is 3.08. The van der Waals surface area contributed by atoms with Crippen LogP contribution in [-0.4, -0.2) is 22.7 Å². The number of rotatable bonds is 5. The van der Waals surface area contributed by atoms with Crippen molar-refractivity contribution in [2.45, 2.75) is 20.0 Å². The van der Waals surface area contributed by atoms with Gasteiger partial charge in [-0.2, -0.15) is 10.4 Å². The number of nitrogens with one attached hydrogen (secondary N) is 1. The highest BCUT2D eigenvalue weighted by atomic mass is 16.5. The Hall–Kier alpha value is -3.20. The SMILES string of the molecule is C/C(=N/NC(=O)C(C)Oc1ccc(C#N)cc1)c1cccnc1. The lowest BCUT2D eigenvalue weighted by Crippen LogP contribution is -2.33. The third-order valence-corrected chi connectivity index (χ3v) is 3.08. The van der Waals surface area contributed by atoms with E-state index in [1.807, 2.05) is 12.1 Å². The maximum Gasteiger partial charge on any atom is 0.280 e. The number of pyridine rings is 1. The number of nitrogens with zero attached hydrogens (tertiary/aromatic N) is 3. The Balaban J connectivity index is 1.93. The predicted octanol–water partition coefficient (Wildman–Crippen LogP) is 2.26. The van der Waals surface area contributed by atoms with Crippen molar-refractivity contribution in [3.05, 3.63) is 59.9 Å². The highest BCUT2D eigenvalue weighted by Crippen LogP contribution is 2.13. The first kappa shape index (κ1) is 16.2. The summed E-state index contributed by atoms with van der Waals surface area (Å²) in [4.78, 5) is 16.0. The van der Waals surface area contributed by atoms with Crippen LogP contribution in [-0.2, 0) is 4.79 Å². The van der Waals surface area contributed by atoms with Gasteiger partial charge in [0.25, 0.3) is 5.91 Å². The first-order chi connectivity index (χ1) is 11.1. The molecule has 1 atom stereocenters. The van der Waals surface area contributed by atoms with E-state index in [9.17, 15) is 4.79 Å². The van der Waals surface area contributed by atoms with Crippen molar-refractivity contribution < 1.29 is 9.53 Å². The molecule has 6 nitrogen and oxygen atoms in total. The number of benzene rings is 1. The Bertz CT molecular complexity index is 733. The number of hydrogen-bond donors (Lipinski definition) is 1. The summed E-state index contributed by atoms with van der Waals surface area (Å²) in [5.41, 5.74) is 4.48. The van der Waals surface area contributed by atoms with E-state index < -0.39 is 6.10 Å². The van der Waals surface area contributed by atoms with E-state index in [2.05, 4.69) is 15.5 Å². The number of amides is 1. The van der Waals surface area contributed by atoms with E-state index in [1.165, 1.54) is 0 Å². The van der Waals surface area contributed by atoms with Gasteiger partial charge < -0.3 is 4.74 Å². The van der Waals surface area contributed by atoms with Gasteiger partial charge in [0.1, 0.15) is 5.75 Å². The first-order valence-electron chi connectivity index (χ1n) is 7.01. The molecule has 1 aromatic carbocycles. The Labute approximate surface area is 134 Å². The van der Waals surface area contributed by atoms with Crippen LogP contribution in [0.2, 0.25) is 0 Å². The molecule has 0 aliphatic heterocycles. The number of hydrazone groups is 1. The molecule has 1 unspecified atom stereocenters. The van der Waals surface area contributed by atoms with Gasteiger partial charge in [-0.1, -0.05) is 6.07 Å². The lowest BCUT2D eigenvalue weighted by molar-refractivity contribution is -0.127. The third kappa shape index (κ3) is 4.64. The van der Waals surface area contributed by atoms with Gasteiger partial charge in [-0.15, -0.1) is 0 Å². The molecule has 1 aromatic heterocycles. The number of nitriles is 1. The average Bonchev–Trinajstić information content (AvgIpc) is 2.60. The molecule has 2 aromatic rings. The van der Waals surface area contributed by atoms with E-state index in [4.69, 9.17) is 10.00 Å². The molecule has 0 saturated carbocycles. The van der Waals surface area contributed by atoms with E-state index in [-0.39, 0.29) is 5.91 Å². The Morgan fingerprint density at radius 2 is 2.09 bits per heavy atom. The fourth-order valence-electron chi connectivity index (χ4n) is 1.74. The topological polar surface area (TPSA) is 87.4 Å². The Morgan fingerprint density at radius 3 is 2.70 bits per heavy atom. The molecule has 0 spiro atoms. The van der Waals surface area contributed by atoms with Crippen molar-refractivity contribution in [2.75, 3.05) is 0 Å². The molecule has 0 aliphatic rings. The van der Waals surface area contributed by atoms with E-state index in [1.54, 1.807) is 56.6 Å². The molecule has 2 rings (SSSR count). The number of carbonyl (C=O) groups excluding carboxylic acids is 1. The van der Waals surface area contributed by atoms with Crippen molar-refractivity contribution in [2.24, 2.45) is 5.10 Å². The zero-order valence-electron chi connectivity index (χ0n) is 12.9. The molecule has 0 aliphatic carbocycles. The summed E-state index contributed by atoms with van der Waals surface area (Å²) < 4.78 is 5.51. The van der Waals surface area contributed by atoms with Crippen LogP contribution in [0.3, 0.4) is 0 Å². The molecule has 0 fully saturated rings. The molecule has 1 N–H and O–H groups in total. The lowest BCUT2D eigenvalue weighted by Gasteiger charge is -2.13.